The van der Waals surface area contributed by atoms with Gasteiger partial charge < -0.3 is 15.3 Å². The minimum atomic E-state index is -0.989. The van der Waals surface area contributed by atoms with E-state index in [1.54, 1.807) is 24.7 Å². The average Bonchev–Trinajstić information content (AvgIpc) is 3.13. The maximum atomic E-state index is 11.9. The second-order valence-corrected chi connectivity index (χ2v) is 6.01. The summed E-state index contributed by atoms with van der Waals surface area (Å²) in [5, 5.41) is 17.7. The summed E-state index contributed by atoms with van der Waals surface area (Å²) in [7, 11) is 0. The number of anilines is 1. The summed E-state index contributed by atoms with van der Waals surface area (Å²) in [5.41, 5.74) is -0.989. The van der Waals surface area contributed by atoms with Gasteiger partial charge in [0.1, 0.15) is 12.1 Å². The molecule has 0 saturated carbocycles. The number of hydrogen-bond donors (Lipinski definition) is 2. The van der Waals surface area contributed by atoms with E-state index in [1.165, 1.54) is 10.9 Å². The van der Waals surface area contributed by atoms with Gasteiger partial charge in [0.15, 0.2) is 0 Å². The summed E-state index contributed by atoms with van der Waals surface area (Å²) in [6, 6.07) is 1.74. The van der Waals surface area contributed by atoms with Crippen LogP contribution < -0.4 is 10.2 Å². The fourth-order valence-electron chi connectivity index (χ4n) is 2.52. The lowest BCUT2D eigenvalue weighted by Gasteiger charge is -2.23. The van der Waals surface area contributed by atoms with Crippen LogP contribution in [0.3, 0.4) is 0 Å². The van der Waals surface area contributed by atoms with Crippen molar-refractivity contribution in [2.24, 2.45) is 0 Å². The maximum Gasteiger partial charge on any atom is 0.241 e. The van der Waals surface area contributed by atoms with Gasteiger partial charge >= 0.3 is 0 Å². The van der Waals surface area contributed by atoms with E-state index in [9.17, 15) is 9.90 Å². The van der Waals surface area contributed by atoms with Gasteiger partial charge in [-0.25, -0.2) is 9.97 Å². The summed E-state index contributed by atoms with van der Waals surface area (Å²) < 4.78 is 1.44. The van der Waals surface area contributed by atoms with Crippen molar-refractivity contribution in [3.8, 4) is 0 Å². The van der Waals surface area contributed by atoms with Crippen molar-refractivity contribution in [1.82, 2.24) is 25.1 Å². The molecule has 2 N–H and O–H groups in total. The molecule has 8 nitrogen and oxygen atoms in total. The lowest BCUT2D eigenvalue weighted by Crippen LogP contribution is -2.45. The molecule has 122 valence electrons. The minimum Gasteiger partial charge on any atom is -0.386 e. The van der Waals surface area contributed by atoms with E-state index in [0.717, 1.165) is 0 Å². The molecule has 2 aromatic heterocycles. The number of amides is 1. The van der Waals surface area contributed by atoms with E-state index in [-0.39, 0.29) is 19.0 Å². The Labute approximate surface area is 138 Å². The molecule has 0 bridgehead atoms. The highest BCUT2D eigenvalue weighted by atomic mass is 35.5. The molecule has 1 amide bonds. The molecule has 9 heteroatoms. The van der Waals surface area contributed by atoms with E-state index >= 15 is 0 Å². The fourth-order valence-corrected chi connectivity index (χ4v) is 2.67. The first kappa shape index (κ1) is 15.7. The Balaban J connectivity index is 1.51. The lowest BCUT2D eigenvalue weighted by atomic mass is 10.0. The van der Waals surface area contributed by atoms with E-state index in [1.807, 2.05) is 4.90 Å². The van der Waals surface area contributed by atoms with Gasteiger partial charge in [-0.15, -0.1) is 0 Å². The van der Waals surface area contributed by atoms with Crippen LogP contribution in [0.4, 0.5) is 5.95 Å². The molecule has 1 aliphatic rings. The SMILES string of the molecule is O=C(Cn1cc(Cl)cn1)NC[C@@]1(O)CCN(c2ncccn2)C1. The number of carbonyl (C=O) groups is 1. The van der Waals surface area contributed by atoms with Crippen molar-refractivity contribution in [1.29, 1.82) is 0 Å². The first-order valence-electron chi connectivity index (χ1n) is 7.23. The quantitative estimate of drug-likeness (QED) is 0.803. The lowest BCUT2D eigenvalue weighted by molar-refractivity contribution is -0.122. The predicted molar refractivity (Wildman–Crippen MR) is 84.1 cm³/mol. The van der Waals surface area contributed by atoms with Crippen molar-refractivity contribution < 1.29 is 9.90 Å². The van der Waals surface area contributed by atoms with Gasteiger partial charge in [0.25, 0.3) is 0 Å². The topological polar surface area (TPSA) is 96.2 Å². The molecule has 0 aliphatic carbocycles. The van der Waals surface area contributed by atoms with Crippen LogP contribution in [-0.4, -0.2) is 56.0 Å². The van der Waals surface area contributed by atoms with Crippen LogP contribution in [0, 0.1) is 0 Å². The molecule has 2 aromatic rings. The number of nitrogens with one attached hydrogen (secondary N) is 1. The number of nitrogens with zero attached hydrogens (tertiary/aromatic N) is 5. The second kappa shape index (κ2) is 6.51. The van der Waals surface area contributed by atoms with Gasteiger partial charge in [-0.1, -0.05) is 11.6 Å². The Hall–Kier alpha value is -2.19. The Morgan fingerprint density at radius 2 is 2.22 bits per heavy atom. The zero-order valence-corrected chi connectivity index (χ0v) is 13.1. The molecule has 0 aromatic carbocycles. The zero-order chi connectivity index (χ0) is 16.3. The van der Waals surface area contributed by atoms with Crippen LogP contribution in [0.2, 0.25) is 5.02 Å². The molecule has 0 unspecified atom stereocenters. The third-order valence-electron chi connectivity index (χ3n) is 3.69. The van der Waals surface area contributed by atoms with Crippen LogP contribution in [0.5, 0.6) is 0 Å². The van der Waals surface area contributed by atoms with E-state index in [0.29, 0.717) is 30.5 Å². The first-order chi connectivity index (χ1) is 11.0. The summed E-state index contributed by atoms with van der Waals surface area (Å²) in [6.07, 6.45) is 6.91. The number of halogens is 1. The van der Waals surface area contributed by atoms with E-state index in [2.05, 4.69) is 20.4 Å². The number of aromatic nitrogens is 4. The van der Waals surface area contributed by atoms with Crippen molar-refractivity contribution in [2.75, 3.05) is 24.5 Å². The predicted octanol–water partition coefficient (Wildman–Crippen LogP) is 0.0841. The molecule has 1 fully saturated rings. The molecule has 1 aliphatic heterocycles. The Kier molecular flexibility index (Phi) is 4.44. The Morgan fingerprint density at radius 3 is 2.91 bits per heavy atom. The summed E-state index contributed by atoms with van der Waals surface area (Å²) in [6.45, 7) is 1.26. The molecular weight excluding hydrogens is 320 g/mol. The Bertz CT molecular complexity index is 679. The van der Waals surface area contributed by atoms with Crippen molar-refractivity contribution in [3.05, 3.63) is 35.9 Å². The molecule has 1 atom stereocenters. The molecule has 0 spiro atoms. The number of β-amino-alcohol motifs (C(OH)–C–C–N with tert-alkyl or cyclic N) is 1. The van der Waals surface area contributed by atoms with Crippen LogP contribution in [-0.2, 0) is 11.3 Å². The minimum absolute atomic E-state index is 0.0638. The first-order valence-corrected chi connectivity index (χ1v) is 7.61. The molecule has 1 saturated heterocycles. The number of aliphatic hydroxyl groups is 1. The number of rotatable bonds is 5. The van der Waals surface area contributed by atoms with E-state index < -0.39 is 5.60 Å². The highest BCUT2D eigenvalue weighted by Gasteiger charge is 2.37. The van der Waals surface area contributed by atoms with Crippen molar-refractivity contribution >= 4 is 23.5 Å². The largest absolute Gasteiger partial charge is 0.386 e. The smallest absolute Gasteiger partial charge is 0.241 e. The van der Waals surface area contributed by atoms with Gasteiger partial charge in [0, 0.05) is 31.7 Å². The number of hydrogen-bond acceptors (Lipinski definition) is 6. The van der Waals surface area contributed by atoms with Crippen LogP contribution in [0.15, 0.2) is 30.9 Å². The standard InChI is InChI=1S/C14H17ClN6O2/c15-11-6-19-21(7-11)8-12(22)18-9-14(23)2-5-20(10-14)13-16-3-1-4-17-13/h1,3-4,6-7,23H,2,5,8-10H2,(H,18,22)/t14-/m0/s1. The van der Waals surface area contributed by atoms with Gasteiger partial charge in [-0.2, -0.15) is 5.10 Å². The van der Waals surface area contributed by atoms with Crippen molar-refractivity contribution in [3.63, 3.8) is 0 Å². The van der Waals surface area contributed by atoms with Gasteiger partial charge in [-0.05, 0) is 12.5 Å². The molecule has 0 radical (unpaired) electrons. The molecule has 23 heavy (non-hydrogen) atoms. The molecule has 3 rings (SSSR count). The second-order valence-electron chi connectivity index (χ2n) is 5.58. The van der Waals surface area contributed by atoms with Crippen LogP contribution in [0.1, 0.15) is 6.42 Å². The van der Waals surface area contributed by atoms with Gasteiger partial charge in [0.05, 0.1) is 17.8 Å². The average molecular weight is 337 g/mol. The summed E-state index contributed by atoms with van der Waals surface area (Å²) >= 11 is 5.75. The third-order valence-corrected chi connectivity index (χ3v) is 3.88. The van der Waals surface area contributed by atoms with Crippen LogP contribution >= 0.6 is 11.6 Å². The highest BCUT2D eigenvalue weighted by molar-refractivity contribution is 6.30. The van der Waals surface area contributed by atoms with E-state index in [4.69, 9.17) is 11.6 Å². The van der Waals surface area contributed by atoms with Gasteiger partial charge in [-0.3, -0.25) is 9.48 Å². The Morgan fingerprint density at radius 1 is 1.43 bits per heavy atom. The number of carbonyl (C=O) groups excluding carboxylic acids is 1. The van der Waals surface area contributed by atoms with Gasteiger partial charge in [0.2, 0.25) is 11.9 Å². The highest BCUT2D eigenvalue weighted by Crippen LogP contribution is 2.23. The summed E-state index contributed by atoms with van der Waals surface area (Å²) in [5.74, 6) is 0.355. The fraction of sp³-hybridized carbons (Fsp3) is 0.429. The molecule has 3 heterocycles. The van der Waals surface area contributed by atoms with Crippen LogP contribution in [0.25, 0.3) is 0 Å². The maximum absolute atomic E-state index is 11.9. The van der Waals surface area contributed by atoms with Crippen molar-refractivity contribution in [2.45, 2.75) is 18.6 Å². The summed E-state index contributed by atoms with van der Waals surface area (Å²) in [4.78, 5) is 22.2. The molecular formula is C14H17ClN6O2. The monoisotopic (exact) mass is 336 g/mol. The zero-order valence-electron chi connectivity index (χ0n) is 12.4. The third kappa shape index (κ3) is 3.96. The normalized spacial score (nSPS) is 20.7.